The number of aromatic nitrogens is 1. The monoisotopic (exact) mass is 330 g/mol. The number of nitrogens with zero attached hydrogens (tertiary/aromatic N) is 2. The Labute approximate surface area is 140 Å². The average Bonchev–Trinajstić information content (AvgIpc) is 2.60. The van der Waals surface area contributed by atoms with Crippen LogP contribution in [0.2, 0.25) is 0 Å². The fraction of sp³-hybridized carbons (Fsp3) is 0.278. The Hall–Kier alpha value is -2.76. The lowest BCUT2D eigenvalue weighted by atomic mass is 10.1. The summed E-state index contributed by atoms with van der Waals surface area (Å²) in [4.78, 5) is 30.1. The van der Waals surface area contributed by atoms with Gasteiger partial charge in [-0.2, -0.15) is 0 Å². The van der Waals surface area contributed by atoms with E-state index in [0.29, 0.717) is 5.69 Å². The van der Waals surface area contributed by atoms with Gasteiger partial charge in [-0.05, 0) is 30.3 Å². The molecule has 2 rings (SSSR count). The number of methoxy groups -OCH3 is 1. The Balaban J connectivity index is 2.24. The highest BCUT2D eigenvalue weighted by atomic mass is 19.1. The molecule has 0 radical (unpaired) electrons. The van der Waals surface area contributed by atoms with Crippen molar-refractivity contribution in [2.75, 3.05) is 13.7 Å². The second kappa shape index (κ2) is 8.19. The number of amides is 1. The summed E-state index contributed by atoms with van der Waals surface area (Å²) in [6, 6.07) is 10.9. The molecule has 126 valence electrons. The summed E-state index contributed by atoms with van der Waals surface area (Å²) in [6.45, 7) is 2.05. The summed E-state index contributed by atoms with van der Waals surface area (Å²) in [6.07, 6.45) is 1.63. The van der Waals surface area contributed by atoms with Gasteiger partial charge in [0, 0.05) is 18.3 Å². The summed E-state index contributed by atoms with van der Waals surface area (Å²) in [5.41, 5.74) is 0.905. The molecule has 0 N–H and O–H groups in total. The van der Waals surface area contributed by atoms with Crippen LogP contribution < -0.4 is 0 Å². The van der Waals surface area contributed by atoms with Crippen LogP contribution in [0.1, 0.15) is 23.0 Å². The second-order valence-corrected chi connectivity index (χ2v) is 5.44. The Morgan fingerprint density at radius 3 is 2.67 bits per heavy atom. The number of carbonyl (C=O) groups is 2. The number of benzene rings is 1. The van der Waals surface area contributed by atoms with Gasteiger partial charge >= 0.3 is 5.97 Å². The molecule has 5 nitrogen and oxygen atoms in total. The lowest BCUT2D eigenvalue weighted by molar-refractivity contribution is -0.145. The minimum atomic E-state index is -0.503. The van der Waals surface area contributed by atoms with Crippen LogP contribution in [-0.2, 0) is 16.1 Å². The molecular formula is C18H19FN2O3. The molecule has 0 aliphatic rings. The maximum Gasteiger partial charge on any atom is 0.310 e. The largest absolute Gasteiger partial charge is 0.469 e. The number of hydrogen-bond acceptors (Lipinski definition) is 4. The van der Waals surface area contributed by atoms with Gasteiger partial charge in [-0.1, -0.05) is 19.1 Å². The van der Waals surface area contributed by atoms with Gasteiger partial charge in [0.2, 0.25) is 0 Å². The van der Waals surface area contributed by atoms with Crippen LogP contribution in [0.4, 0.5) is 4.39 Å². The summed E-state index contributed by atoms with van der Waals surface area (Å²) < 4.78 is 18.1. The number of pyridine rings is 1. The molecule has 1 aromatic heterocycles. The van der Waals surface area contributed by atoms with Crippen LogP contribution in [0.3, 0.4) is 0 Å². The molecule has 2 aromatic rings. The van der Waals surface area contributed by atoms with Crippen molar-refractivity contribution >= 4 is 11.9 Å². The molecule has 0 fully saturated rings. The van der Waals surface area contributed by atoms with E-state index in [4.69, 9.17) is 4.74 Å². The smallest absolute Gasteiger partial charge is 0.310 e. The molecule has 1 unspecified atom stereocenters. The topological polar surface area (TPSA) is 59.5 Å². The lowest BCUT2D eigenvalue weighted by Crippen LogP contribution is -2.37. The summed E-state index contributed by atoms with van der Waals surface area (Å²) in [5.74, 6) is -1.76. The number of ether oxygens (including phenoxy) is 1. The molecule has 0 bridgehead atoms. The van der Waals surface area contributed by atoms with E-state index in [9.17, 15) is 14.0 Å². The molecule has 0 aliphatic heterocycles. The van der Waals surface area contributed by atoms with Gasteiger partial charge in [0.25, 0.3) is 5.91 Å². The van der Waals surface area contributed by atoms with Crippen molar-refractivity contribution in [1.29, 1.82) is 0 Å². The van der Waals surface area contributed by atoms with E-state index in [0.717, 1.165) is 0 Å². The Bertz CT molecular complexity index is 706. The van der Waals surface area contributed by atoms with Crippen molar-refractivity contribution < 1.29 is 18.7 Å². The molecular weight excluding hydrogens is 311 g/mol. The molecule has 1 amide bonds. The first-order valence-electron chi connectivity index (χ1n) is 7.54. The normalized spacial score (nSPS) is 11.6. The molecule has 1 aromatic carbocycles. The molecule has 0 aliphatic carbocycles. The SMILES string of the molecule is COC(=O)C(C)CN(Cc1ccccn1)C(=O)c1cccc(F)c1. The molecule has 1 atom stereocenters. The van der Waals surface area contributed by atoms with E-state index in [1.54, 1.807) is 31.3 Å². The van der Waals surface area contributed by atoms with Crippen molar-refractivity contribution in [1.82, 2.24) is 9.88 Å². The fourth-order valence-electron chi connectivity index (χ4n) is 2.32. The van der Waals surface area contributed by atoms with Gasteiger partial charge < -0.3 is 9.64 Å². The van der Waals surface area contributed by atoms with Crippen molar-refractivity contribution in [2.45, 2.75) is 13.5 Å². The zero-order chi connectivity index (χ0) is 17.5. The fourth-order valence-corrected chi connectivity index (χ4v) is 2.32. The van der Waals surface area contributed by atoms with Crippen molar-refractivity contribution in [3.05, 3.63) is 65.7 Å². The maximum atomic E-state index is 13.4. The van der Waals surface area contributed by atoms with Crippen molar-refractivity contribution in [3.63, 3.8) is 0 Å². The molecule has 0 saturated carbocycles. The summed E-state index contributed by atoms with van der Waals surface area (Å²) in [5, 5.41) is 0. The van der Waals surface area contributed by atoms with Crippen molar-refractivity contribution in [3.8, 4) is 0 Å². The Morgan fingerprint density at radius 1 is 1.25 bits per heavy atom. The predicted octanol–water partition coefficient (Wildman–Crippen LogP) is 2.67. The highest BCUT2D eigenvalue weighted by molar-refractivity contribution is 5.94. The van der Waals surface area contributed by atoms with Gasteiger partial charge in [0.05, 0.1) is 25.3 Å². The van der Waals surface area contributed by atoms with Crippen LogP contribution in [0.25, 0.3) is 0 Å². The second-order valence-electron chi connectivity index (χ2n) is 5.44. The summed E-state index contributed by atoms with van der Waals surface area (Å²) in [7, 11) is 1.30. The highest BCUT2D eigenvalue weighted by Crippen LogP contribution is 2.13. The summed E-state index contributed by atoms with van der Waals surface area (Å²) >= 11 is 0. The van der Waals surface area contributed by atoms with Gasteiger partial charge in [-0.15, -0.1) is 0 Å². The Kier molecular flexibility index (Phi) is 6.01. The number of rotatable bonds is 6. The first-order chi connectivity index (χ1) is 11.5. The molecule has 0 spiro atoms. The van der Waals surface area contributed by atoms with Crippen LogP contribution in [0.15, 0.2) is 48.7 Å². The first-order valence-corrected chi connectivity index (χ1v) is 7.54. The van der Waals surface area contributed by atoms with E-state index >= 15 is 0 Å². The molecule has 24 heavy (non-hydrogen) atoms. The molecule has 6 heteroatoms. The first kappa shape index (κ1) is 17.6. The van der Waals surface area contributed by atoms with E-state index in [-0.39, 0.29) is 24.6 Å². The third kappa shape index (κ3) is 4.62. The van der Waals surface area contributed by atoms with Gasteiger partial charge in [0.1, 0.15) is 5.82 Å². The predicted molar refractivity (Wildman–Crippen MR) is 86.6 cm³/mol. The Morgan fingerprint density at radius 2 is 2.04 bits per heavy atom. The zero-order valence-corrected chi connectivity index (χ0v) is 13.6. The average molecular weight is 330 g/mol. The standard InChI is InChI=1S/C18H19FN2O3/c1-13(18(23)24-2)11-21(12-16-8-3-4-9-20-16)17(22)14-6-5-7-15(19)10-14/h3-10,13H,11-12H2,1-2H3. The van der Waals surface area contributed by atoms with Crippen LogP contribution in [0.5, 0.6) is 0 Å². The third-order valence-corrected chi connectivity index (χ3v) is 3.54. The molecule has 1 heterocycles. The number of hydrogen-bond donors (Lipinski definition) is 0. The van der Waals surface area contributed by atoms with Crippen LogP contribution in [0, 0.1) is 11.7 Å². The van der Waals surface area contributed by atoms with Gasteiger partial charge in [-0.3, -0.25) is 14.6 Å². The quantitative estimate of drug-likeness (QED) is 0.764. The van der Waals surface area contributed by atoms with Crippen LogP contribution >= 0.6 is 0 Å². The van der Waals surface area contributed by atoms with E-state index < -0.39 is 17.7 Å². The number of carbonyl (C=O) groups excluding carboxylic acids is 2. The van der Waals surface area contributed by atoms with E-state index in [2.05, 4.69) is 4.98 Å². The van der Waals surface area contributed by atoms with Crippen LogP contribution in [-0.4, -0.2) is 35.4 Å². The van der Waals surface area contributed by atoms with Crippen molar-refractivity contribution in [2.24, 2.45) is 5.92 Å². The molecule has 0 saturated heterocycles. The maximum absolute atomic E-state index is 13.4. The minimum absolute atomic E-state index is 0.151. The van der Waals surface area contributed by atoms with E-state index in [1.807, 2.05) is 6.07 Å². The lowest BCUT2D eigenvalue weighted by Gasteiger charge is -2.25. The third-order valence-electron chi connectivity index (χ3n) is 3.54. The van der Waals surface area contributed by atoms with E-state index in [1.165, 1.54) is 30.2 Å². The zero-order valence-electron chi connectivity index (χ0n) is 13.6. The highest BCUT2D eigenvalue weighted by Gasteiger charge is 2.23. The van der Waals surface area contributed by atoms with Gasteiger partial charge in [0.15, 0.2) is 0 Å². The number of esters is 1. The number of halogens is 1. The van der Waals surface area contributed by atoms with Gasteiger partial charge in [-0.25, -0.2) is 4.39 Å². The minimum Gasteiger partial charge on any atom is -0.469 e.